The molecule has 8 nitrogen and oxygen atoms in total. The lowest BCUT2D eigenvalue weighted by Crippen LogP contribution is -2.35. The van der Waals surface area contributed by atoms with Crippen molar-refractivity contribution in [3.05, 3.63) is 48.0 Å². The number of benzene rings is 1. The van der Waals surface area contributed by atoms with Gasteiger partial charge in [-0.15, -0.1) is 0 Å². The Hall–Kier alpha value is -2.15. The van der Waals surface area contributed by atoms with Gasteiger partial charge in [-0.1, -0.05) is 36.4 Å². The summed E-state index contributed by atoms with van der Waals surface area (Å²) in [6.07, 6.45) is 3.78. The number of nitrogens with zero attached hydrogens (tertiary/aromatic N) is 1. The summed E-state index contributed by atoms with van der Waals surface area (Å²) < 4.78 is 33.3. The molecule has 1 amide bonds. The molecule has 0 aromatic heterocycles. The zero-order valence-corrected chi connectivity index (χ0v) is 18.8. The Morgan fingerprint density at radius 1 is 1.07 bits per heavy atom. The van der Waals surface area contributed by atoms with Crippen LogP contribution < -0.4 is 0 Å². The van der Waals surface area contributed by atoms with Crippen LogP contribution in [0.3, 0.4) is 0 Å². The molecule has 0 atom stereocenters. The first-order chi connectivity index (χ1) is 14.4. The predicted octanol–water partition coefficient (Wildman–Crippen LogP) is 4.40. The molecule has 0 unspecified atom stereocenters. The van der Waals surface area contributed by atoms with Gasteiger partial charge in [-0.3, -0.25) is 4.57 Å². The molecule has 0 aliphatic heterocycles. The zero-order chi connectivity index (χ0) is 22.2. The molecule has 30 heavy (non-hydrogen) atoms. The van der Waals surface area contributed by atoms with Gasteiger partial charge in [0.15, 0.2) is 0 Å². The summed E-state index contributed by atoms with van der Waals surface area (Å²) >= 11 is 0. The van der Waals surface area contributed by atoms with Crippen LogP contribution in [-0.4, -0.2) is 56.5 Å². The normalized spacial score (nSPS) is 11.4. The molecule has 0 spiro atoms. The van der Waals surface area contributed by atoms with Crippen molar-refractivity contribution in [3.8, 4) is 0 Å². The highest BCUT2D eigenvalue weighted by Crippen LogP contribution is 2.47. The van der Waals surface area contributed by atoms with E-state index in [1.54, 1.807) is 19.9 Å². The highest BCUT2D eigenvalue weighted by atomic mass is 31.2. The Morgan fingerprint density at radius 3 is 2.33 bits per heavy atom. The van der Waals surface area contributed by atoms with E-state index in [0.717, 1.165) is 5.56 Å². The van der Waals surface area contributed by atoms with Crippen LogP contribution in [0.2, 0.25) is 0 Å². The molecule has 0 saturated heterocycles. The highest BCUT2D eigenvalue weighted by molar-refractivity contribution is 7.53. The van der Waals surface area contributed by atoms with Gasteiger partial charge in [-0.05, 0) is 32.3 Å². The van der Waals surface area contributed by atoms with Crippen molar-refractivity contribution >= 4 is 19.7 Å². The average molecular weight is 441 g/mol. The third-order valence-corrected chi connectivity index (χ3v) is 6.06. The summed E-state index contributed by atoms with van der Waals surface area (Å²) in [4.78, 5) is 25.2. The van der Waals surface area contributed by atoms with E-state index < -0.39 is 19.7 Å². The fourth-order valence-electron chi connectivity index (χ4n) is 2.56. The Balaban J connectivity index is 2.68. The quantitative estimate of drug-likeness (QED) is 0.183. The van der Waals surface area contributed by atoms with Crippen LogP contribution in [0.4, 0.5) is 4.79 Å². The third kappa shape index (κ3) is 10.6. The number of unbranched alkanes of at least 4 members (excludes halogenated alkanes) is 1. The maximum absolute atomic E-state index is 12.7. The van der Waals surface area contributed by atoms with Crippen molar-refractivity contribution < 1.29 is 32.7 Å². The van der Waals surface area contributed by atoms with Crippen molar-refractivity contribution in [1.82, 2.24) is 4.90 Å². The average Bonchev–Trinajstić information content (AvgIpc) is 2.74. The topological polar surface area (TPSA) is 91.4 Å². The monoisotopic (exact) mass is 441 g/mol. The lowest BCUT2D eigenvalue weighted by molar-refractivity contribution is -0.134. The minimum absolute atomic E-state index is 0.0765. The Kier molecular flexibility index (Phi) is 12.7. The first kappa shape index (κ1) is 25.9. The Labute approximate surface area is 178 Å². The van der Waals surface area contributed by atoms with Gasteiger partial charge in [-0.2, -0.15) is 0 Å². The van der Waals surface area contributed by atoms with Crippen molar-refractivity contribution in [3.63, 3.8) is 0 Å². The molecular weight excluding hydrogens is 409 g/mol. The molecule has 1 aromatic carbocycles. The first-order valence-corrected chi connectivity index (χ1v) is 11.7. The van der Waals surface area contributed by atoms with Crippen molar-refractivity contribution in [2.75, 3.05) is 39.6 Å². The number of hydrogen-bond donors (Lipinski definition) is 0. The number of ether oxygens (including phenoxy) is 2. The lowest BCUT2D eigenvalue weighted by atomic mass is 10.2. The third-order valence-electron chi connectivity index (χ3n) is 4.01. The number of rotatable bonds is 14. The van der Waals surface area contributed by atoms with Gasteiger partial charge in [0.1, 0.15) is 6.61 Å². The van der Waals surface area contributed by atoms with Crippen LogP contribution in [0.15, 0.2) is 42.5 Å². The molecule has 0 fully saturated rings. The van der Waals surface area contributed by atoms with Gasteiger partial charge in [0.25, 0.3) is 0 Å². The van der Waals surface area contributed by atoms with Gasteiger partial charge in [0.05, 0.1) is 26.5 Å². The predicted molar refractivity (Wildman–Crippen MR) is 114 cm³/mol. The standard InChI is InChI=1S/C21H32NO7P/c1-4-28-30(25,29-5-2)17-16-22(15-11-7-10-14-20(23)26-3)21(24)27-18-19-12-8-6-9-13-19/h6,8-10,12-14H,4-5,7,11,15-18H2,1-3H3. The molecule has 1 rings (SSSR count). The van der Waals surface area contributed by atoms with Crippen LogP contribution in [-0.2, 0) is 34.5 Å². The van der Waals surface area contributed by atoms with Crippen LogP contribution in [0, 0.1) is 0 Å². The first-order valence-electron chi connectivity index (χ1n) is 10.0. The van der Waals surface area contributed by atoms with Crippen molar-refractivity contribution in [1.29, 1.82) is 0 Å². The number of methoxy groups -OCH3 is 1. The molecule has 0 radical (unpaired) electrons. The molecule has 0 N–H and O–H groups in total. The van der Waals surface area contributed by atoms with E-state index in [1.165, 1.54) is 18.1 Å². The van der Waals surface area contributed by atoms with Crippen LogP contribution >= 0.6 is 7.60 Å². The highest BCUT2D eigenvalue weighted by Gasteiger charge is 2.26. The number of carbonyl (C=O) groups is 2. The summed E-state index contributed by atoms with van der Waals surface area (Å²) in [6.45, 7) is 4.69. The van der Waals surface area contributed by atoms with Gasteiger partial charge >= 0.3 is 19.7 Å². The van der Waals surface area contributed by atoms with Crippen LogP contribution in [0.1, 0.15) is 32.3 Å². The van der Waals surface area contributed by atoms with Gasteiger partial charge in [0, 0.05) is 19.2 Å². The van der Waals surface area contributed by atoms with E-state index in [2.05, 4.69) is 4.74 Å². The van der Waals surface area contributed by atoms with E-state index in [-0.39, 0.29) is 32.5 Å². The second kappa shape index (κ2) is 14.8. The minimum atomic E-state index is -3.28. The molecule has 0 aliphatic carbocycles. The fourth-order valence-corrected chi connectivity index (χ4v) is 4.16. The number of esters is 1. The van der Waals surface area contributed by atoms with Gasteiger partial charge < -0.3 is 23.4 Å². The Bertz CT molecular complexity index is 699. The fraction of sp³-hybridized carbons (Fsp3) is 0.524. The molecule has 168 valence electrons. The van der Waals surface area contributed by atoms with E-state index >= 15 is 0 Å². The zero-order valence-electron chi connectivity index (χ0n) is 18.0. The lowest BCUT2D eigenvalue weighted by Gasteiger charge is -2.24. The molecule has 9 heteroatoms. The van der Waals surface area contributed by atoms with E-state index in [1.807, 2.05) is 30.3 Å². The smallest absolute Gasteiger partial charge is 0.410 e. The second-order valence-corrected chi connectivity index (χ2v) is 8.45. The number of allylic oxidation sites excluding steroid dienone is 1. The molecule has 0 saturated carbocycles. The van der Waals surface area contributed by atoms with E-state index in [4.69, 9.17) is 13.8 Å². The molecular formula is C21H32NO7P. The molecule has 0 aliphatic rings. The summed E-state index contributed by atoms with van der Waals surface area (Å²) in [5, 5.41) is 0. The van der Waals surface area contributed by atoms with Crippen LogP contribution in [0.5, 0.6) is 0 Å². The summed E-state index contributed by atoms with van der Waals surface area (Å²) in [5.41, 5.74) is 0.876. The number of hydrogen-bond acceptors (Lipinski definition) is 7. The SMILES string of the molecule is CCOP(=O)(CCN(CCCC=CC(=O)OC)C(=O)OCc1ccccc1)OCC. The maximum Gasteiger partial charge on any atom is 0.410 e. The van der Waals surface area contributed by atoms with Crippen LogP contribution in [0.25, 0.3) is 0 Å². The summed E-state index contributed by atoms with van der Waals surface area (Å²) in [7, 11) is -1.96. The number of amides is 1. The molecule has 1 aromatic rings. The maximum atomic E-state index is 12.7. The van der Waals surface area contributed by atoms with Crippen molar-refractivity contribution in [2.45, 2.75) is 33.3 Å². The summed E-state index contributed by atoms with van der Waals surface area (Å²) in [6, 6.07) is 9.36. The molecule has 0 heterocycles. The van der Waals surface area contributed by atoms with E-state index in [0.29, 0.717) is 19.4 Å². The van der Waals surface area contributed by atoms with Gasteiger partial charge in [0.2, 0.25) is 0 Å². The Morgan fingerprint density at radius 2 is 1.73 bits per heavy atom. The second-order valence-electron chi connectivity index (χ2n) is 6.27. The minimum Gasteiger partial charge on any atom is -0.466 e. The summed E-state index contributed by atoms with van der Waals surface area (Å²) in [5.74, 6) is -0.427. The van der Waals surface area contributed by atoms with Crippen molar-refractivity contribution in [2.24, 2.45) is 0 Å². The molecule has 0 bridgehead atoms. The van der Waals surface area contributed by atoms with Gasteiger partial charge in [-0.25, -0.2) is 9.59 Å². The number of carbonyl (C=O) groups excluding carboxylic acids is 2. The van der Waals surface area contributed by atoms with E-state index in [9.17, 15) is 14.2 Å². The largest absolute Gasteiger partial charge is 0.466 e.